The van der Waals surface area contributed by atoms with Gasteiger partial charge in [-0.05, 0) is 30.5 Å². The van der Waals surface area contributed by atoms with Gasteiger partial charge in [0, 0.05) is 16.4 Å². The zero-order chi connectivity index (χ0) is 13.6. The smallest absolute Gasteiger partial charge is 0.0207 e. The fourth-order valence-electron chi connectivity index (χ4n) is 1.93. The molecule has 0 saturated carbocycles. The van der Waals surface area contributed by atoms with Crippen molar-refractivity contribution in [1.29, 1.82) is 0 Å². The van der Waals surface area contributed by atoms with Crippen molar-refractivity contribution in [3.8, 4) is 0 Å². The van der Waals surface area contributed by atoms with Crippen molar-refractivity contribution in [1.82, 2.24) is 5.32 Å². The van der Waals surface area contributed by atoms with Crippen LogP contribution < -0.4 is 5.32 Å². The normalized spacial score (nSPS) is 14.5. The molecule has 2 heteroatoms. The van der Waals surface area contributed by atoms with Gasteiger partial charge >= 0.3 is 0 Å². The molecule has 18 heavy (non-hydrogen) atoms. The van der Waals surface area contributed by atoms with Gasteiger partial charge in [-0.25, -0.2) is 0 Å². The first-order valence-electron chi connectivity index (χ1n) is 6.54. The quantitative estimate of drug-likeness (QED) is 0.735. The van der Waals surface area contributed by atoms with E-state index in [9.17, 15) is 0 Å². The predicted molar refractivity (Wildman–Crippen MR) is 83.9 cm³/mol. The third-order valence-corrected chi connectivity index (χ3v) is 3.90. The first kappa shape index (κ1) is 15.5. The molecule has 0 aliphatic carbocycles. The van der Waals surface area contributed by atoms with Crippen molar-refractivity contribution < 1.29 is 0 Å². The van der Waals surface area contributed by atoms with Crippen molar-refractivity contribution >= 4 is 15.9 Å². The molecule has 0 saturated heterocycles. The molecule has 1 atom stereocenters. The average molecular weight is 310 g/mol. The van der Waals surface area contributed by atoms with Gasteiger partial charge in [0.05, 0.1) is 0 Å². The van der Waals surface area contributed by atoms with E-state index in [0.717, 1.165) is 19.5 Å². The molecule has 0 amide bonds. The largest absolute Gasteiger partial charge is 0.316 e. The Morgan fingerprint density at radius 2 is 2.06 bits per heavy atom. The van der Waals surface area contributed by atoms with Crippen LogP contribution >= 0.6 is 15.9 Å². The maximum absolute atomic E-state index is 4.00. The summed E-state index contributed by atoms with van der Waals surface area (Å²) in [6, 6.07) is 8.41. The highest BCUT2D eigenvalue weighted by Gasteiger charge is 2.21. The second-order valence-corrected chi connectivity index (χ2v) is 6.51. The monoisotopic (exact) mass is 309 g/mol. The molecule has 0 aliphatic heterocycles. The topological polar surface area (TPSA) is 12.0 Å². The lowest BCUT2D eigenvalue weighted by atomic mass is 9.83. The van der Waals surface area contributed by atoms with E-state index in [2.05, 4.69) is 78.9 Å². The van der Waals surface area contributed by atoms with Crippen LogP contribution in [0.1, 0.15) is 26.3 Å². The Balaban J connectivity index is 2.65. The second kappa shape index (κ2) is 7.10. The van der Waals surface area contributed by atoms with Gasteiger partial charge < -0.3 is 5.32 Å². The standard InChI is InChI=1S/C16H24BrN/c1-5-16(4,12-18-11-13(2)3)10-14-8-6-7-9-15(14)17/h5-9,13,18H,1,10-12H2,2-4H3. The molecular formula is C16H24BrN. The molecule has 1 nitrogen and oxygen atoms in total. The van der Waals surface area contributed by atoms with E-state index in [1.165, 1.54) is 10.0 Å². The fraction of sp³-hybridized carbons (Fsp3) is 0.500. The zero-order valence-corrected chi connectivity index (χ0v) is 13.3. The molecule has 1 aromatic rings. The van der Waals surface area contributed by atoms with Gasteiger partial charge in [-0.1, -0.05) is 61.0 Å². The molecule has 100 valence electrons. The number of rotatable bonds is 7. The van der Waals surface area contributed by atoms with Gasteiger partial charge in [0.2, 0.25) is 0 Å². The zero-order valence-electron chi connectivity index (χ0n) is 11.7. The molecule has 1 unspecified atom stereocenters. The van der Waals surface area contributed by atoms with Crippen LogP contribution in [0.3, 0.4) is 0 Å². The summed E-state index contributed by atoms with van der Waals surface area (Å²) < 4.78 is 1.18. The SMILES string of the molecule is C=CC(C)(CNCC(C)C)Cc1ccccc1Br. The van der Waals surface area contributed by atoms with Crippen LogP contribution in [0.5, 0.6) is 0 Å². The molecule has 0 spiro atoms. The summed E-state index contributed by atoms with van der Waals surface area (Å²) in [5.74, 6) is 0.683. The van der Waals surface area contributed by atoms with E-state index in [4.69, 9.17) is 0 Å². The third-order valence-electron chi connectivity index (χ3n) is 3.13. The molecule has 1 N–H and O–H groups in total. The first-order valence-corrected chi connectivity index (χ1v) is 7.34. The Bertz CT molecular complexity index is 386. The first-order chi connectivity index (χ1) is 8.47. The van der Waals surface area contributed by atoms with Crippen LogP contribution in [-0.4, -0.2) is 13.1 Å². The molecule has 1 rings (SSSR count). The summed E-state index contributed by atoms with van der Waals surface area (Å²) in [5, 5.41) is 3.53. The summed E-state index contributed by atoms with van der Waals surface area (Å²) in [6.07, 6.45) is 3.07. The molecule has 0 aromatic heterocycles. The number of benzene rings is 1. The molecule has 0 heterocycles. The Labute approximate surface area is 120 Å². The highest BCUT2D eigenvalue weighted by Crippen LogP contribution is 2.27. The predicted octanol–water partition coefficient (Wildman–Crippen LogP) is 4.43. The lowest BCUT2D eigenvalue weighted by Gasteiger charge is -2.27. The van der Waals surface area contributed by atoms with Crippen molar-refractivity contribution in [2.24, 2.45) is 11.3 Å². The number of hydrogen-bond donors (Lipinski definition) is 1. The van der Waals surface area contributed by atoms with Crippen LogP contribution in [0.4, 0.5) is 0 Å². The number of nitrogens with one attached hydrogen (secondary N) is 1. The minimum Gasteiger partial charge on any atom is -0.316 e. The minimum atomic E-state index is 0.0960. The third kappa shape index (κ3) is 4.95. The van der Waals surface area contributed by atoms with Crippen LogP contribution in [-0.2, 0) is 6.42 Å². The molecule has 0 bridgehead atoms. The molecule has 0 fully saturated rings. The number of hydrogen-bond acceptors (Lipinski definition) is 1. The average Bonchev–Trinajstić information content (AvgIpc) is 2.32. The van der Waals surface area contributed by atoms with Gasteiger partial charge in [0.15, 0.2) is 0 Å². The van der Waals surface area contributed by atoms with Gasteiger partial charge in [0.25, 0.3) is 0 Å². The fourth-order valence-corrected chi connectivity index (χ4v) is 2.36. The maximum atomic E-state index is 4.00. The van der Waals surface area contributed by atoms with Gasteiger partial charge in [0.1, 0.15) is 0 Å². The minimum absolute atomic E-state index is 0.0960. The van der Waals surface area contributed by atoms with Gasteiger partial charge in [-0.15, -0.1) is 6.58 Å². The Morgan fingerprint density at radius 1 is 1.39 bits per heavy atom. The molecule has 0 aliphatic rings. The van der Waals surface area contributed by atoms with Crippen LogP contribution in [0.25, 0.3) is 0 Å². The summed E-state index contributed by atoms with van der Waals surface area (Å²) >= 11 is 3.61. The van der Waals surface area contributed by atoms with Crippen molar-refractivity contribution in [2.45, 2.75) is 27.2 Å². The highest BCUT2D eigenvalue weighted by molar-refractivity contribution is 9.10. The van der Waals surface area contributed by atoms with Crippen molar-refractivity contribution in [2.75, 3.05) is 13.1 Å². The lowest BCUT2D eigenvalue weighted by molar-refractivity contribution is 0.377. The lowest BCUT2D eigenvalue weighted by Crippen LogP contribution is -2.34. The van der Waals surface area contributed by atoms with E-state index >= 15 is 0 Å². The van der Waals surface area contributed by atoms with Crippen molar-refractivity contribution in [3.63, 3.8) is 0 Å². The molecule has 1 aromatic carbocycles. The van der Waals surface area contributed by atoms with Crippen LogP contribution in [0, 0.1) is 11.3 Å². The van der Waals surface area contributed by atoms with E-state index in [-0.39, 0.29) is 5.41 Å². The second-order valence-electron chi connectivity index (χ2n) is 5.65. The van der Waals surface area contributed by atoms with E-state index < -0.39 is 0 Å². The van der Waals surface area contributed by atoms with Crippen LogP contribution in [0.2, 0.25) is 0 Å². The van der Waals surface area contributed by atoms with Crippen LogP contribution in [0.15, 0.2) is 41.4 Å². The maximum Gasteiger partial charge on any atom is 0.0207 e. The number of halogens is 1. The highest BCUT2D eigenvalue weighted by atomic mass is 79.9. The Hall–Kier alpha value is -0.600. The van der Waals surface area contributed by atoms with Gasteiger partial charge in [-0.3, -0.25) is 0 Å². The summed E-state index contributed by atoms with van der Waals surface area (Å²) in [4.78, 5) is 0. The molecule has 0 radical (unpaired) electrons. The summed E-state index contributed by atoms with van der Waals surface area (Å²) in [7, 11) is 0. The molecular weight excluding hydrogens is 286 g/mol. The summed E-state index contributed by atoms with van der Waals surface area (Å²) in [5.41, 5.74) is 1.44. The Morgan fingerprint density at radius 3 is 2.61 bits per heavy atom. The van der Waals surface area contributed by atoms with E-state index in [1.807, 2.05) is 0 Å². The summed E-state index contributed by atoms with van der Waals surface area (Å²) in [6.45, 7) is 12.7. The van der Waals surface area contributed by atoms with Gasteiger partial charge in [-0.2, -0.15) is 0 Å². The van der Waals surface area contributed by atoms with E-state index in [0.29, 0.717) is 5.92 Å². The Kier molecular flexibility index (Phi) is 6.10. The van der Waals surface area contributed by atoms with E-state index in [1.54, 1.807) is 0 Å². The van der Waals surface area contributed by atoms with Crippen molar-refractivity contribution in [3.05, 3.63) is 47.0 Å².